The average molecular weight is 431 g/mol. The zero-order valence-electron chi connectivity index (χ0n) is 16.2. The molecule has 2 heterocycles. The molecule has 3 aromatic rings. The summed E-state index contributed by atoms with van der Waals surface area (Å²) in [4.78, 5) is 21.8. The third kappa shape index (κ3) is 5.10. The Morgan fingerprint density at radius 1 is 1.21 bits per heavy atom. The van der Waals surface area contributed by atoms with Crippen LogP contribution >= 0.6 is 23.2 Å². The molecule has 2 aromatic heterocycles. The lowest BCUT2D eigenvalue weighted by molar-refractivity contribution is -0.115. The lowest BCUT2D eigenvalue weighted by atomic mass is 10.2. The van der Waals surface area contributed by atoms with Crippen molar-refractivity contribution >= 4 is 57.6 Å². The first kappa shape index (κ1) is 20.8. The van der Waals surface area contributed by atoms with Crippen molar-refractivity contribution in [2.45, 2.75) is 0 Å². The van der Waals surface area contributed by atoms with Crippen LogP contribution < -0.4 is 10.2 Å². The van der Waals surface area contributed by atoms with Gasteiger partial charge in [-0.2, -0.15) is 0 Å². The number of methoxy groups -OCH3 is 1. The largest absolute Gasteiger partial charge is 0.491 e. The number of nitrogens with zero attached hydrogens (tertiary/aromatic N) is 2. The van der Waals surface area contributed by atoms with Crippen LogP contribution in [0.2, 0.25) is 10.0 Å². The second-order valence-electron chi connectivity index (χ2n) is 6.43. The van der Waals surface area contributed by atoms with Gasteiger partial charge in [0, 0.05) is 30.7 Å². The van der Waals surface area contributed by atoms with Gasteiger partial charge >= 0.3 is 0 Å². The maximum Gasteiger partial charge on any atom is 0.290 e. The zero-order valence-corrected chi connectivity index (χ0v) is 17.7. The number of pyridine rings is 1. The summed E-state index contributed by atoms with van der Waals surface area (Å²) in [6, 6.07) is 9.11. The van der Waals surface area contributed by atoms with Crippen LogP contribution in [0.3, 0.4) is 0 Å². The molecular weight excluding hydrogens is 411 g/mol. The minimum Gasteiger partial charge on any atom is -0.491 e. The maximum absolute atomic E-state index is 12.4. The number of halogens is 2. The number of anilines is 2. The Morgan fingerprint density at radius 2 is 1.97 bits per heavy atom. The van der Waals surface area contributed by atoms with E-state index in [-0.39, 0.29) is 11.7 Å². The number of rotatable bonds is 6. The molecule has 0 aliphatic carbocycles. The highest BCUT2D eigenvalue weighted by Crippen LogP contribution is 2.28. The standard InChI is InChI=1S/C21H20Cl2N4O2/c1-27(2)20-8-7-15(12-24-20)26-21(28)19(29-3)6-4-5-14-9-13-10-16(22)17(23)11-18(13)25-14/h4-12,25H,1-3H3,(H,26,28). The normalized spacial score (nSPS) is 11.8. The van der Waals surface area contributed by atoms with E-state index in [2.05, 4.69) is 15.3 Å². The quantitative estimate of drug-likeness (QED) is 0.323. The average Bonchev–Trinajstić information content (AvgIpc) is 3.07. The molecule has 6 nitrogen and oxygen atoms in total. The minimum atomic E-state index is -0.369. The number of H-pyrrole nitrogens is 1. The Hall–Kier alpha value is -2.96. The van der Waals surface area contributed by atoms with Crippen LogP contribution in [0.1, 0.15) is 5.69 Å². The zero-order chi connectivity index (χ0) is 21.0. The van der Waals surface area contributed by atoms with E-state index < -0.39 is 0 Å². The first-order valence-electron chi connectivity index (χ1n) is 8.72. The van der Waals surface area contributed by atoms with Crippen molar-refractivity contribution in [2.24, 2.45) is 0 Å². The highest BCUT2D eigenvalue weighted by molar-refractivity contribution is 6.42. The maximum atomic E-state index is 12.4. The fourth-order valence-electron chi connectivity index (χ4n) is 2.63. The van der Waals surface area contributed by atoms with Crippen molar-refractivity contribution in [2.75, 3.05) is 31.4 Å². The van der Waals surface area contributed by atoms with Gasteiger partial charge in [0.15, 0.2) is 5.76 Å². The molecular formula is C21H20Cl2N4O2. The van der Waals surface area contributed by atoms with Crippen molar-refractivity contribution in [3.63, 3.8) is 0 Å². The first-order valence-corrected chi connectivity index (χ1v) is 9.48. The van der Waals surface area contributed by atoms with Gasteiger partial charge in [0.05, 0.1) is 29.0 Å². The molecule has 0 aliphatic heterocycles. The van der Waals surface area contributed by atoms with Crippen LogP contribution in [0.5, 0.6) is 0 Å². The number of carbonyl (C=O) groups excluding carboxylic acids is 1. The number of hydrogen-bond acceptors (Lipinski definition) is 4. The summed E-state index contributed by atoms with van der Waals surface area (Å²) in [5.41, 5.74) is 2.30. The molecule has 0 bridgehead atoms. The Bertz CT molecular complexity index is 1050. The third-order valence-corrected chi connectivity index (χ3v) is 4.84. The second-order valence-corrected chi connectivity index (χ2v) is 7.24. The highest BCUT2D eigenvalue weighted by Gasteiger charge is 2.10. The third-order valence-electron chi connectivity index (χ3n) is 4.11. The Labute approximate surface area is 178 Å². The molecule has 1 amide bonds. The Balaban J connectivity index is 1.71. The van der Waals surface area contributed by atoms with E-state index in [1.807, 2.05) is 37.2 Å². The lowest BCUT2D eigenvalue weighted by Crippen LogP contribution is -2.16. The van der Waals surface area contributed by atoms with Gasteiger partial charge in [-0.05, 0) is 42.5 Å². The summed E-state index contributed by atoms with van der Waals surface area (Å²) >= 11 is 12.1. The van der Waals surface area contributed by atoms with E-state index in [4.69, 9.17) is 27.9 Å². The molecule has 0 atom stereocenters. The molecule has 2 N–H and O–H groups in total. The molecule has 8 heteroatoms. The van der Waals surface area contributed by atoms with E-state index in [1.54, 1.807) is 36.5 Å². The predicted molar refractivity (Wildman–Crippen MR) is 120 cm³/mol. The summed E-state index contributed by atoms with van der Waals surface area (Å²) in [5.74, 6) is 0.598. The summed E-state index contributed by atoms with van der Waals surface area (Å²) < 4.78 is 5.20. The van der Waals surface area contributed by atoms with Gasteiger partial charge in [0.25, 0.3) is 5.91 Å². The van der Waals surface area contributed by atoms with Crippen molar-refractivity contribution in [1.82, 2.24) is 9.97 Å². The molecule has 3 rings (SSSR count). The Kier molecular flexibility index (Phi) is 6.46. The SMILES string of the molecule is COC(=CC=Cc1cc2cc(Cl)c(Cl)cc2[nH]1)C(=O)Nc1ccc(N(C)C)nc1. The lowest BCUT2D eigenvalue weighted by Gasteiger charge is -2.12. The molecule has 0 saturated carbocycles. The number of fused-ring (bicyclic) bond motifs is 1. The van der Waals surface area contributed by atoms with Gasteiger partial charge in [0.1, 0.15) is 5.82 Å². The molecule has 0 unspecified atom stereocenters. The van der Waals surface area contributed by atoms with Gasteiger partial charge in [0.2, 0.25) is 0 Å². The van der Waals surface area contributed by atoms with Gasteiger partial charge in [-0.1, -0.05) is 29.3 Å². The van der Waals surface area contributed by atoms with E-state index in [0.717, 1.165) is 22.4 Å². The monoisotopic (exact) mass is 430 g/mol. The number of ether oxygens (including phenoxy) is 1. The molecule has 150 valence electrons. The summed E-state index contributed by atoms with van der Waals surface area (Å²) in [7, 11) is 5.24. The number of allylic oxidation sites excluding steroid dienone is 2. The van der Waals surface area contributed by atoms with Crippen molar-refractivity contribution < 1.29 is 9.53 Å². The second kappa shape index (κ2) is 9.03. The molecule has 0 aliphatic rings. The smallest absolute Gasteiger partial charge is 0.290 e. The number of carbonyl (C=O) groups is 1. The van der Waals surface area contributed by atoms with Crippen molar-refractivity contribution in [3.8, 4) is 0 Å². The van der Waals surface area contributed by atoms with Crippen LogP contribution in [-0.2, 0) is 9.53 Å². The van der Waals surface area contributed by atoms with Gasteiger partial charge in [-0.3, -0.25) is 4.79 Å². The molecule has 0 fully saturated rings. The molecule has 29 heavy (non-hydrogen) atoms. The summed E-state index contributed by atoms with van der Waals surface area (Å²) in [6.45, 7) is 0. The number of nitrogens with one attached hydrogen (secondary N) is 2. The summed E-state index contributed by atoms with van der Waals surface area (Å²) in [5, 5.41) is 4.69. The minimum absolute atomic E-state index is 0.167. The molecule has 0 spiro atoms. The van der Waals surface area contributed by atoms with Crippen molar-refractivity contribution in [1.29, 1.82) is 0 Å². The number of hydrogen-bond donors (Lipinski definition) is 2. The van der Waals surface area contributed by atoms with Crippen molar-refractivity contribution in [3.05, 3.63) is 70.2 Å². The van der Waals surface area contributed by atoms with Gasteiger partial charge in [-0.25, -0.2) is 4.98 Å². The molecule has 1 aromatic carbocycles. The number of aromatic nitrogens is 2. The van der Waals surface area contributed by atoms with Crippen LogP contribution in [0.15, 0.2) is 54.4 Å². The van der Waals surface area contributed by atoms with E-state index in [9.17, 15) is 4.79 Å². The van der Waals surface area contributed by atoms with Gasteiger partial charge in [-0.15, -0.1) is 0 Å². The van der Waals surface area contributed by atoms with Crippen LogP contribution in [0.4, 0.5) is 11.5 Å². The predicted octanol–water partition coefficient (Wildman–Crippen LogP) is 5.12. The van der Waals surface area contributed by atoms with Crippen LogP contribution in [0, 0.1) is 0 Å². The van der Waals surface area contributed by atoms with Crippen LogP contribution in [0.25, 0.3) is 17.0 Å². The summed E-state index contributed by atoms with van der Waals surface area (Å²) in [6.07, 6.45) is 6.72. The van der Waals surface area contributed by atoms with E-state index in [1.165, 1.54) is 7.11 Å². The molecule has 0 radical (unpaired) electrons. The van der Waals surface area contributed by atoms with E-state index in [0.29, 0.717) is 15.7 Å². The molecule has 0 saturated heterocycles. The number of amides is 1. The fraction of sp³-hybridized carbons (Fsp3) is 0.143. The van der Waals surface area contributed by atoms with Gasteiger partial charge < -0.3 is 19.9 Å². The number of benzene rings is 1. The van der Waals surface area contributed by atoms with Crippen LogP contribution in [-0.4, -0.2) is 37.1 Å². The van der Waals surface area contributed by atoms with E-state index >= 15 is 0 Å². The highest BCUT2D eigenvalue weighted by atomic mass is 35.5. The number of aromatic amines is 1. The topological polar surface area (TPSA) is 70.2 Å². The fourth-order valence-corrected chi connectivity index (χ4v) is 2.97. The Morgan fingerprint density at radius 3 is 2.62 bits per heavy atom. The first-order chi connectivity index (χ1) is 13.9.